The highest BCUT2D eigenvalue weighted by Gasteiger charge is 2.46. The van der Waals surface area contributed by atoms with Crippen LogP contribution in [0, 0.1) is 11.8 Å². The molecule has 2 amide bonds. The number of unbranched alkanes of at least 4 members (excludes halogenated alkanes) is 60. The van der Waals surface area contributed by atoms with Gasteiger partial charge >= 0.3 is 11.9 Å². The number of hydrogen-bond donors (Lipinski definition) is 0. The highest BCUT2D eigenvalue weighted by Crippen LogP contribution is 2.54. The van der Waals surface area contributed by atoms with Gasteiger partial charge in [-0.1, -0.05) is 488 Å². The van der Waals surface area contributed by atoms with Crippen LogP contribution in [0.3, 0.4) is 0 Å². The molecule has 4 heterocycles. The lowest BCUT2D eigenvalue weighted by molar-refractivity contribution is -0.127. The Labute approximate surface area is 749 Å². The lowest BCUT2D eigenvalue weighted by Gasteiger charge is -2.21. The molecule has 0 aromatic heterocycles. The number of benzene rings is 3. The molecule has 0 radical (unpaired) electrons. The molecule has 0 saturated carbocycles. The molecule has 0 atom stereocenters. The van der Waals surface area contributed by atoms with Crippen molar-refractivity contribution in [2.75, 3.05) is 22.9 Å². The molecule has 0 fully saturated rings. The lowest BCUT2D eigenvalue weighted by atomic mass is 9.90. The van der Waals surface area contributed by atoms with E-state index in [0.29, 0.717) is 77.5 Å². The third kappa shape index (κ3) is 37.8. The number of nitrogens with zero attached hydrogens (tertiary/aromatic N) is 2. The number of halogens is 4. The number of fused-ring (bicyclic) bond motifs is 4. The van der Waals surface area contributed by atoms with Crippen molar-refractivity contribution in [2.45, 2.75) is 490 Å². The van der Waals surface area contributed by atoms with Gasteiger partial charge in [0, 0.05) is 44.3 Å². The predicted molar refractivity (Wildman–Crippen MR) is 516 cm³/mol. The number of anilines is 2. The van der Waals surface area contributed by atoms with Crippen LogP contribution in [0.25, 0.3) is 22.3 Å². The maximum Gasteiger partial charge on any atom is 0.345 e. The molecule has 4 aliphatic heterocycles. The van der Waals surface area contributed by atoms with Crippen molar-refractivity contribution in [3.05, 3.63) is 77.6 Å². The van der Waals surface area contributed by atoms with Crippen LogP contribution in [0.1, 0.15) is 512 Å². The molecule has 0 saturated heterocycles. The van der Waals surface area contributed by atoms with Crippen LogP contribution >= 0.6 is 55.1 Å². The Morgan fingerprint density at radius 2 is 0.449 bits per heavy atom. The zero-order chi connectivity index (χ0) is 83.8. The van der Waals surface area contributed by atoms with Crippen LogP contribution in [0.15, 0.2) is 45.3 Å². The fourth-order valence-corrected chi connectivity index (χ4v) is 20.5. The molecule has 118 heavy (non-hydrogen) atoms. The molecule has 666 valence electrons. The van der Waals surface area contributed by atoms with Crippen LogP contribution in [0.5, 0.6) is 11.5 Å². The minimum absolute atomic E-state index is 0.111. The summed E-state index contributed by atoms with van der Waals surface area (Å²) in [5, 5.41) is 0.849. The summed E-state index contributed by atoms with van der Waals surface area (Å²) >= 11 is 21.2. The quantitative estimate of drug-likeness (QED) is 0.0242. The minimum atomic E-state index is -0.667. The molecule has 3 aromatic carbocycles. The van der Waals surface area contributed by atoms with Crippen LogP contribution < -0.4 is 19.3 Å². The van der Waals surface area contributed by atoms with E-state index in [1.807, 2.05) is 21.9 Å². The maximum atomic E-state index is 15.3. The monoisotopic (exact) mass is 1790 g/mol. The second-order valence-electron chi connectivity index (χ2n) is 37.0. The number of esters is 2. The summed E-state index contributed by atoms with van der Waals surface area (Å²) in [5.74, 6) is -0.322. The van der Waals surface area contributed by atoms with Crippen molar-refractivity contribution in [3.8, 4) is 11.5 Å². The summed E-state index contributed by atoms with van der Waals surface area (Å²) in [5.41, 5.74) is 3.92. The Morgan fingerprint density at radius 1 is 0.254 bits per heavy atom. The van der Waals surface area contributed by atoms with Gasteiger partial charge in [-0.2, -0.15) is 0 Å². The Balaban J connectivity index is 0.966. The van der Waals surface area contributed by atoms with E-state index in [2.05, 4.69) is 59.6 Å². The van der Waals surface area contributed by atoms with Gasteiger partial charge in [0.15, 0.2) is 0 Å². The van der Waals surface area contributed by atoms with E-state index in [4.69, 9.17) is 32.7 Å². The Hall–Kier alpha value is -3.44. The molecule has 4 aliphatic rings. The van der Waals surface area contributed by atoms with Crippen molar-refractivity contribution < 1.29 is 28.7 Å². The van der Waals surface area contributed by atoms with Gasteiger partial charge in [0.25, 0.3) is 11.8 Å². The summed E-state index contributed by atoms with van der Waals surface area (Å²) in [4.78, 5) is 63.5. The number of hydrogen-bond acceptors (Lipinski definition) is 6. The van der Waals surface area contributed by atoms with Gasteiger partial charge < -0.3 is 19.3 Å². The Bertz CT molecular complexity index is 3070. The third-order valence-corrected chi connectivity index (χ3v) is 29.3. The lowest BCUT2D eigenvalue weighted by Crippen LogP contribution is -2.28. The van der Waals surface area contributed by atoms with Crippen LogP contribution in [-0.2, 0) is 19.2 Å². The zero-order valence-corrected chi connectivity index (χ0v) is 80.5. The molecular weight excluding hydrogens is 1630 g/mol. The standard InChI is InChI=1S/C106H168Br2Cl2N2O6/c1-5-9-13-17-21-25-29-33-37-41-45-49-53-57-61-65-71-85(72-66-62-58-54-50-46-42-38-34-30-26-22-18-14-10-6-2)75-69-77-111-95-83-91(107)93(109)79-87(95)99(103(111)113)101-89-81-98-90(82-97(89)117-105(101)115)102(106(116)118-98)100-88-80-94(110)92(108)84-96(88)112(104(100)114)78-70-76-86(73-67-63-59-55-51-47-43-39-35-31-27-23-19-15-11-7-3)74-68-64-60-56-52-48-44-40-36-32-28-24-20-16-12-8-4/h79-86H,5-78H2,1-4H3/b101-99+,102-100+. The average Bonchev–Trinajstić information content (AvgIpc) is 1.45. The first kappa shape index (κ1) is 102. The van der Waals surface area contributed by atoms with E-state index in [1.165, 1.54) is 437 Å². The summed E-state index contributed by atoms with van der Waals surface area (Å²) in [6, 6.07) is 10.7. The fraction of sp³-hybridized carbons (Fsp3) is 0.755. The molecule has 0 spiro atoms. The largest absolute Gasteiger partial charge is 0.422 e. The van der Waals surface area contributed by atoms with Gasteiger partial charge in [-0.3, -0.25) is 9.59 Å². The van der Waals surface area contributed by atoms with E-state index in [9.17, 15) is 9.59 Å². The molecular formula is C106H168Br2Cl2N2O6. The molecule has 0 aliphatic carbocycles. The first-order valence-corrected chi connectivity index (χ1v) is 53.0. The normalized spacial score (nSPS) is 15.0. The first-order valence-electron chi connectivity index (χ1n) is 50.7. The highest BCUT2D eigenvalue weighted by atomic mass is 79.9. The predicted octanol–water partition coefficient (Wildman–Crippen LogP) is 36.3. The third-order valence-electron chi connectivity index (χ3n) is 26.9. The van der Waals surface area contributed by atoms with Gasteiger partial charge in [0.2, 0.25) is 0 Å². The summed E-state index contributed by atoms with van der Waals surface area (Å²) in [6.07, 6.45) is 96.1. The van der Waals surface area contributed by atoms with Crippen molar-refractivity contribution >= 4 is 112 Å². The number of rotatable bonds is 76. The molecule has 0 bridgehead atoms. The molecule has 3 aromatic rings. The smallest absolute Gasteiger partial charge is 0.345 e. The number of ether oxygens (including phenoxy) is 2. The minimum Gasteiger partial charge on any atom is -0.422 e. The van der Waals surface area contributed by atoms with Crippen LogP contribution in [0.4, 0.5) is 11.4 Å². The van der Waals surface area contributed by atoms with E-state index in [-0.39, 0.29) is 45.6 Å². The van der Waals surface area contributed by atoms with E-state index >= 15 is 9.59 Å². The molecule has 0 N–H and O–H groups in total. The van der Waals surface area contributed by atoms with Crippen molar-refractivity contribution in [1.82, 2.24) is 0 Å². The number of amides is 2. The second kappa shape index (κ2) is 63.5. The van der Waals surface area contributed by atoms with Crippen molar-refractivity contribution in [3.63, 3.8) is 0 Å². The van der Waals surface area contributed by atoms with Gasteiger partial charge in [-0.15, -0.1) is 0 Å². The van der Waals surface area contributed by atoms with E-state index < -0.39 is 11.9 Å². The molecule has 0 unspecified atom stereocenters. The van der Waals surface area contributed by atoms with Gasteiger partial charge in [-0.25, -0.2) is 9.59 Å². The highest BCUT2D eigenvalue weighted by molar-refractivity contribution is 9.11. The molecule has 12 heteroatoms. The maximum absolute atomic E-state index is 15.3. The average molecular weight is 1800 g/mol. The Morgan fingerprint density at radius 3 is 0.661 bits per heavy atom. The van der Waals surface area contributed by atoms with Crippen LogP contribution in [-0.4, -0.2) is 36.8 Å². The topological polar surface area (TPSA) is 93.2 Å². The van der Waals surface area contributed by atoms with Gasteiger partial charge in [0.1, 0.15) is 11.5 Å². The summed E-state index contributed by atoms with van der Waals surface area (Å²) < 4.78 is 13.7. The summed E-state index contributed by atoms with van der Waals surface area (Å²) in [7, 11) is 0. The van der Waals surface area contributed by atoms with Crippen molar-refractivity contribution in [2.24, 2.45) is 11.8 Å². The molecule has 7 rings (SSSR count). The molecule has 8 nitrogen and oxygen atoms in total. The van der Waals surface area contributed by atoms with Gasteiger partial charge in [0.05, 0.1) is 43.7 Å². The number of carbonyl (C=O) groups excluding carboxylic acids is 4. The first-order chi connectivity index (χ1) is 57.9. The zero-order valence-electron chi connectivity index (χ0n) is 75.8. The van der Waals surface area contributed by atoms with Gasteiger partial charge in [-0.05, 0) is 106 Å². The van der Waals surface area contributed by atoms with E-state index in [0.717, 1.165) is 25.7 Å². The summed E-state index contributed by atoms with van der Waals surface area (Å²) in [6.45, 7) is 10.2. The van der Waals surface area contributed by atoms with Crippen molar-refractivity contribution in [1.29, 1.82) is 0 Å². The SMILES string of the molecule is CCCCCCCCCCCCCCCCCCC(CCCCCCCCCCCCCCCCCC)CCCN1C(=O)/C(=C2/C(=O)Oc3cc4c(cc32)OC(=O)/C4=C2/C(=O)N(CCCC(CCCCCCCCCCCCCCCCCC)CCCCCCCCCCCCCCCCCC)c3cc(Br)c(Cl)cc32)c2cc(Cl)c(Br)cc21. The Kier molecular flexibility index (Phi) is 54.7. The van der Waals surface area contributed by atoms with Crippen LogP contribution in [0.2, 0.25) is 10.0 Å². The van der Waals surface area contributed by atoms with E-state index in [1.54, 1.807) is 24.3 Å². The second-order valence-corrected chi connectivity index (χ2v) is 39.5. The number of carbonyl (C=O) groups is 4. The fourth-order valence-electron chi connectivity index (χ4n) is 19.5.